The monoisotopic (exact) mass is 469 g/mol. The first-order valence-corrected chi connectivity index (χ1v) is 11.3. The summed E-state index contributed by atoms with van der Waals surface area (Å²) in [5.41, 5.74) is -0.284. The van der Waals surface area contributed by atoms with Gasteiger partial charge in [-0.05, 0) is 36.1 Å². The number of halogens is 1. The third-order valence-electron chi connectivity index (χ3n) is 3.70. The molecule has 0 saturated carbocycles. The Bertz CT molecular complexity index is 1050. The molecule has 1 heterocycles. The standard InChI is InChI=1S/C19H20FN3O6S2/c1-2-8-22-31(27,28)16-11-13(5-6-15(16)20)18(25)29-12-17(24)23-19(26)21-9-7-14-4-3-10-30-14/h2-6,10-11,22H,1,7-9,12H2,(H2,21,23,24,26). The molecule has 0 aliphatic heterocycles. The van der Waals surface area contributed by atoms with Gasteiger partial charge in [0, 0.05) is 18.0 Å². The number of carbonyl (C=O) groups excluding carboxylic acids is 3. The fourth-order valence-corrected chi connectivity index (χ4v) is 4.07. The number of amides is 3. The summed E-state index contributed by atoms with van der Waals surface area (Å²) in [7, 11) is -4.22. The number of sulfonamides is 1. The van der Waals surface area contributed by atoms with Crippen molar-refractivity contribution in [3.8, 4) is 0 Å². The largest absolute Gasteiger partial charge is 0.452 e. The number of rotatable bonds is 10. The van der Waals surface area contributed by atoms with Crippen molar-refractivity contribution in [3.63, 3.8) is 0 Å². The van der Waals surface area contributed by atoms with E-state index in [1.165, 1.54) is 17.4 Å². The molecule has 0 unspecified atom stereocenters. The highest BCUT2D eigenvalue weighted by Crippen LogP contribution is 2.17. The van der Waals surface area contributed by atoms with Crippen LogP contribution in [0, 0.1) is 5.82 Å². The molecule has 0 saturated heterocycles. The number of esters is 1. The number of nitrogens with one attached hydrogen (secondary N) is 3. The van der Waals surface area contributed by atoms with E-state index in [4.69, 9.17) is 4.74 Å². The Kier molecular flexibility index (Phi) is 8.85. The normalized spacial score (nSPS) is 10.9. The molecule has 3 N–H and O–H groups in total. The van der Waals surface area contributed by atoms with E-state index in [-0.39, 0.29) is 12.1 Å². The minimum Gasteiger partial charge on any atom is -0.452 e. The predicted octanol–water partition coefficient (Wildman–Crippen LogP) is 1.58. The smallest absolute Gasteiger partial charge is 0.338 e. The van der Waals surface area contributed by atoms with Gasteiger partial charge in [0.25, 0.3) is 5.91 Å². The Morgan fingerprint density at radius 1 is 1.23 bits per heavy atom. The zero-order valence-corrected chi connectivity index (χ0v) is 17.9. The van der Waals surface area contributed by atoms with E-state index in [0.29, 0.717) is 13.0 Å². The maximum atomic E-state index is 13.9. The van der Waals surface area contributed by atoms with Crippen LogP contribution >= 0.6 is 11.3 Å². The zero-order valence-electron chi connectivity index (χ0n) is 16.2. The molecule has 3 amide bonds. The summed E-state index contributed by atoms with van der Waals surface area (Å²) < 4.78 is 44.9. The molecule has 31 heavy (non-hydrogen) atoms. The number of imide groups is 1. The van der Waals surface area contributed by atoms with Crippen LogP contribution in [0.1, 0.15) is 15.2 Å². The molecule has 12 heteroatoms. The number of carbonyl (C=O) groups is 3. The second-order valence-electron chi connectivity index (χ2n) is 6.00. The van der Waals surface area contributed by atoms with E-state index in [0.717, 1.165) is 23.1 Å². The molecule has 0 fully saturated rings. The fraction of sp³-hybridized carbons (Fsp3) is 0.211. The molecule has 0 aliphatic rings. The van der Waals surface area contributed by atoms with Crippen molar-refractivity contribution in [2.24, 2.45) is 0 Å². The first-order valence-electron chi connectivity index (χ1n) is 8.90. The SMILES string of the molecule is C=CCNS(=O)(=O)c1cc(C(=O)OCC(=O)NC(=O)NCCc2cccs2)ccc1F. The summed E-state index contributed by atoms with van der Waals surface area (Å²) in [6.07, 6.45) is 1.87. The minimum atomic E-state index is -4.22. The Morgan fingerprint density at radius 2 is 2.00 bits per heavy atom. The maximum Gasteiger partial charge on any atom is 0.338 e. The van der Waals surface area contributed by atoms with E-state index in [1.807, 2.05) is 22.8 Å². The molecule has 0 bridgehead atoms. The molecule has 2 aromatic rings. The average molecular weight is 470 g/mol. The van der Waals surface area contributed by atoms with Crippen LogP contribution in [0.15, 0.2) is 53.3 Å². The van der Waals surface area contributed by atoms with Crippen LogP contribution in [0.4, 0.5) is 9.18 Å². The number of urea groups is 1. The van der Waals surface area contributed by atoms with E-state index in [9.17, 15) is 27.2 Å². The molecule has 0 spiro atoms. The molecule has 0 radical (unpaired) electrons. The van der Waals surface area contributed by atoms with Crippen molar-refractivity contribution in [2.75, 3.05) is 19.7 Å². The van der Waals surface area contributed by atoms with Gasteiger partial charge in [-0.3, -0.25) is 10.1 Å². The van der Waals surface area contributed by atoms with Crippen LogP contribution in [0.5, 0.6) is 0 Å². The van der Waals surface area contributed by atoms with Gasteiger partial charge in [0.2, 0.25) is 10.0 Å². The summed E-state index contributed by atoms with van der Waals surface area (Å²) in [6.45, 7) is 2.75. The van der Waals surface area contributed by atoms with Gasteiger partial charge >= 0.3 is 12.0 Å². The van der Waals surface area contributed by atoms with Crippen LogP contribution in [-0.2, 0) is 26.0 Å². The number of benzene rings is 1. The molecule has 9 nitrogen and oxygen atoms in total. The molecule has 1 aromatic heterocycles. The summed E-state index contributed by atoms with van der Waals surface area (Å²) in [4.78, 5) is 35.8. The summed E-state index contributed by atoms with van der Waals surface area (Å²) >= 11 is 1.54. The highest BCUT2D eigenvalue weighted by atomic mass is 32.2. The van der Waals surface area contributed by atoms with Crippen molar-refractivity contribution in [1.29, 1.82) is 0 Å². The molecule has 166 valence electrons. The molecular formula is C19H20FN3O6S2. The third kappa shape index (κ3) is 7.59. The Morgan fingerprint density at radius 3 is 2.68 bits per heavy atom. The van der Waals surface area contributed by atoms with Gasteiger partial charge in [-0.2, -0.15) is 0 Å². The topological polar surface area (TPSA) is 131 Å². The van der Waals surface area contributed by atoms with Gasteiger partial charge in [-0.15, -0.1) is 17.9 Å². The van der Waals surface area contributed by atoms with E-state index in [1.54, 1.807) is 0 Å². The highest BCUT2D eigenvalue weighted by molar-refractivity contribution is 7.89. The second-order valence-corrected chi connectivity index (χ2v) is 8.76. The van der Waals surface area contributed by atoms with Gasteiger partial charge in [0.1, 0.15) is 10.7 Å². The van der Waals surface area contributed by atoms with Crippen LogP contribution < -0.4 is 15.4 Å². The van der Waals surface area contributed by atoms with Crippen molar-refractivity contribution in [2.45, 2.75) is 11.3 Å². The molecule has 0 aliphatic carbocycles. The lowest BCUT2D eigenvalue weighted by molar-refractivity contribution is -0.123. The first kappa shape index (κ1) is 24.2. The Hall–Kier alpha value is -3.09. The average Bonchev–Trinajstić information content (AvgIpc) is 3.24. The summed E-state index contributed by atoms with van der Waals surface area (Å²) in [6, 6.07) is 5.64. The van der Waals surface area contributed by atoms with Crippen LogP contribution in [0.25, 0.3) is 0 Å². The summed E-state index contributed by atoms with van der Waals surface area (Å²) in [5, 5.41) is 6.40. The van der Waals surface area contributed by atoms with Gasteiger partial charge < -0.3 is 10.1 Å². The van der Waals surface area contributed by atoms with Crippen molar-refractivity contribution in [1.82, 2.24) is 15.4 Å². The molecule has 1 aromatic carbocycles. The van der Waals surface area contributed by atoms with Crippen LogP contribution in [0.3, 0.4) is 0 Å². The molecule has 2 rings (SSSR count). The number of ether oxygens (including phenoxy) is 1. The van der Waals surface area contributed by atoms with Crippen molar-refractivity contribution in [3.05, 3.63) is 64.6 Å². The van der Waals surface area contributed by atoms with E-state index < -0.39 is 45.3 Å². The summed E-state index contributed by atoms with van der Waals surface area (Å²) in [5.74, 6) is -3.01. The molecule has 0 atom stereocenters. The Labute approximate surface area is 182 Å². The van der Waals surface area contributed by atoms with Gasteiger partial charge in [0.15, 0.2) is 6.61 Å². The van der Waals surface area contributed by atoms with E-state index in [2.05, 4.69) is 16.6 Å². The zero-order chi connectivity index (χ0) is 22.9. The van der Waals surface area contributed by atoms with E-state index >= 15 is 0 Å². The van der Waals surface area contributed by atoms with Crippen molar-refractivity contribution >= 4 is 39.3 Å². The number of hydrogen-bond donors (Lipinski definition) is 3. The fourth-order valence-electron chi connectivity index (χ4n) is 2.26. The van der Waals surface area contributed by atoms with Gasteiger partial charge in [-0.1, -0.05) is 12.1 Å². The highest BCUT2D eigenvalue weighted by Gasteiger charge is 2.21. The lowest BCUT2D eigenvalue weighted by Crippen LogP contribution is -2.42. The Balaban J connectivity index is 1.86. The lowest BCUT2D eigenvalue weighted by atomic mass is 10.2. The molecular weight excluding hydrogens is 449 g/mol. The quantitative estimate of drug-likeness (QED) is 0.358. The van der Waals surface area contributed by atoms with Gasteiger partial charge in [0.05, 0.1) is 5.56 Å². The minimum absolute atomic E-state index is 0.133. The number of thiophene rings is 1. The first-order chi connectivity index (χ1) is 14.7. The van der Waals surface area contributed by atoms with Crippen LogP contribution in [0.2, 0.25) is 0 Å². The second kappa shape index (κ2) is 11.3. The predicted molar refractivity (Wildman–Crippen MR) is 112 cm³/mol. The van der Waals surface area contributed by atoms with Crippen molar-refractivity contribution < 1.29 is 31.9 Å². The maximum absolute atomic E-state index is 13.9. The van der Waals surface area contributed by atoms with Crippen LogP contribution in [-0.4, -0.2) is 46.0 Å². The number of hydrogen-bond acceptors (Lipinski definition) is 7. The third-order valence-corrected chi connectivity index (χ3v) is 6.07. The van der Waals surface area contributed by atoms with Gasteiger partial charge in [-0.25, -0.2) is 27.1 Å². The lowest BCUT2D eigenvalue weighted by Gasteiger charge is -2.09.